The van der Waals surface area contributed by atoms with Gasteiger partial charge in [0.1, 0.15) is 23.4 Å². The molecule has 0 atom stereocenters. The van der Waals surface area contributed by atoms with Gasteiger partial charge in [0.15, 0.2) is 5.43 Å². The summed E-state index contributed by atoms with van der Waals surface area (Å²) in [7, 11) is 1.53. The highest BCUT2D eigenvalue weighted by Gasteiger charge is 2.07. The summed E-state index contributed by atoms with van der Waals surface area (Å²) in [6.07, 6.45) is 4.33. The van der Waals surface area contributed by atoms with Crippen LogP contribution in [0.5, 0.6) is 5.75 Å². The van der Waals surface area contributed by atoms with Crippen molar-refractivity contribution >= 4 is 23.0 Å². The Morgan fingerprint density at radius 1 is 1.26 bits per heavy atom. The normalized spacial score (nSPS) is 11.0. The summed E-state index contributed by atoms with van der Waals surface area (Å²) in [4.78, 5) is 24.4. The van der Waals surface area contributed by atoms with Crippen LogP contribution in [0.25, 0.3) is 17.0 Å². The van der Waals surface area contributed by atoms with Gasteiger partial charge in [-0.3, -0.25) is 9.59 Å². The van der Waals surface area contributed by atoms with Gasteiger partial charge in [0, 0.05) is 18.7 Å². The molecule has 0 fully saturated rings. The summed E-state index contributed by atoms with van der Waals surface area (Å²) in [5.74, 6) is -0.0866. The van der Waals surface area contributed by atoms with Crippen molar-refractivity contribution in [3.8, 4) is 5.75 Å². The molecule has 0 spiro atoms. The Bertz CT molecular complexity index is 1060. The van der Waals surface area contributed by atoms with Crippen LogP contribution in [-0.4, -0.2) is 19.6 Å². The molecule has 0 aliphatic carbocycles. The average Bonchev–Trinajstić information content (AvgIpc) is 2.68. The number of fused-ring (bicyclic) bond motifs is 1. The molecule has 2 aromatic carbocycles. The van der Waals surface area contributed by atoms with Crippen LogP contribution in [0.4, 0.5) is 4.39 Å². The van der Waals surface area contributed by atoms with Crippen molar-refractivity contribution in [2.75, 3.05) is 13.7 Å². The van der Waals surface area contributed by atoms with E-state index in [2.05, 4.69) is 5.32 Å². The van der Waals surface area contributed by atoms with E-state index >= 15 is 0 Å². The summed E-state index contributed by atoms with van der Waals surface area (Å²) in [5.41, 5.74) is 0.962. The fourth-order valence-electron chi connectivity index (χ4n) is 2.61. The Hall–Kier alpha value is -3.41. The van der Waals surface area contributed by atoms with E-state index in [4.69, 9.17) is 9.15 Å². The van der Waals surface area contributed by atoms with Gasteiger partial charge in [0.25, 0.3) is 0 Å². The molecule has 5 nitrogen and oxygen atoms in total. The number of amides is 1. The Morgan fingerprint density at radius 2 is 2.07 bits per heavy atom. The van der Waals surface area contributed by atoms with Crippen LogP contribution in [-0.2, 0) is 11.2 Å². The summed E-state index contributed by atoms with van der Waals surface area (Å²) in [6, 6.07) is 11.3. The number of nitrogens with one attached hydrogen (secondary N) is 1. The largest absolute Gasteiger partial charge is 0.497 e. The van der Waals surface area contributed by atoms with Gasteiger partial charge >= 0.3 is 0 Å². The van der Waals surface area contributed by atoms with Gasteiger partial charge in [0.2, 0.25) is 5.91 Å². The molecule has 0 radical (unpaired) electrons. The van der Waals surface area contributed by atoms with Crippen molar-refractivity contribution in [1.29, 1.82) is 0 Å². The van der Waals surface area contributed by atoms with Gasteiger partial charge in [-0.15, -0.1) is 0 Å². The van der Waals surface area contributed by atoms with E-state index in [-0.39, 0.29) is 29.3 Å². The second-order valence-electron chi connectivity index (χ2n) is 5.85. The van der Waals surface area contributed by atoms with Crippen molar-refractivity contribution in [3.63, 3.8) is 0 Å². The fraction of sp³-hybridized carbons (Fsp3) is 0.143. The molecule has 1 N–H and O–H groups in total. The fourth-order valence-corrected chi connectivity index (χ4v) is 2.61. The van der Waals surface area contributed by atoms with Gasteiger partial charge in [-0.25, -0.2) is 4.39 Å². The zero-order valence-corrected chi connectivity index (χ0v) is 14.7. The van der Waals surface area contributed by atoms with Crippen molar-refractivity contribution in [3.05, 3.63) is 82.0 Å². The van der Waals surface area contributed by atoms with Crippen molar-refractivity contribution in [2.24, 2.45) is 0 Å². The highest BCUT2D eigenvalue weighted by molar-refractivity contribution is 5.92. The zero-order chi connectivity index (χ0) is 19.2. The van der Waals surface area contributed by atoms with E-state index in [1.165, 1.54) is 31.6 Å². The van der Waals surface area contributed by atoms with E-state index < -0.39 is 0 Å². The lowest BCUT2D eigenvalue weighted by Gasteiger charge is -2.04. The molecule has 0 aliphatic heterocycles. The maximum atomic E-state index is 13.5. The zero-order valence-electron chi connectivity index (χ0n) is 14.7. The summed E-state index contributed by atoms with van der Waals surface area (Å²) < 4.78 is 24.1. The Morgan fingerprint density at radius 3 is 2.85 bits per heavy atom. The molecule has 138 valence electrons. The molecule has 0 unspecified atom stereocenters. The molecule has 0 saturated carbocycles. The van der Waals surface area contributed by atoms with Crippen LogP contribution in [0.15, 0.2) is 64.0 Å². The average molecular weight is 367 g/mol. The molecule has 1 amide bonds. The molecule has 1 aromatic heterocycles. The summed E-state index contributed by atoms with van der Waals surface area (Å²) in [5, 5.41) is 3.06. The first-order chi connectivity index (χ1) is 13.1. The lowest BCUT2D eigenvalue weighted by Crippen LogP contribution is -2.23. The van der Waals surface area contributed by atoms with Crippen molar-refractivity contribution in [1.82, 2.24) is 5.32 Å². The Balaban J connectivity index is 1.65. The first-order valence-electron chi connectivity index (χ1n) is 8.37. The molecule has 3 rings (SSSR count). The third-order valence-electron chi connectivity index (χ3n) is 4.07. The van der Waals surface area contributed by atoms with Crippen molar-refractivity contribution in [2.45, 2.75) is 6.42 Å². The lowest BCUT2D eigenvalue weighted by atomic mass is 10.1. The second-order valence-corrected chi connectivity index (χ2v) is 5.85. The van der Waals surface area contributed by atoms with Crippen LogP contribution in [0.1, 0.15) is 11.1 Å². The topological polar surface area (TPSA) is 68.5 Å². The number of ether oxygens (including phenoxy) is 1. The number of carbonyl (C=O) groups is 1. The SMILES string of the molecule is COc1ccc2c(=O)c(/C=C/C(=O)NCCc3ccccc3F)coc2c1. The smallest absolute Gasteiger partial charge is 0.244 e. The highest BCUT2D eigenvalue weighted by atomic mass is 19.1. The first kappa shape index (κ1) is 18.4. The maximum absolute atomic E-state index is 13.5. The third kappa shape index (κ3) is 4.41. The number of benzene rings is 2. The summed E-state index contributed by atoms with van der Waals surface area (Å²) in [6.45, 7) is 0.288. The number of methoxy groups -OCH3 is 1. The number of hydrogen-bond acceptors (Lipinski definition) is 4. The third-order valence-corrected chi connectivity index (χ3v) is 4.07. The number of carbonyl (C=O) groups excluding carboxylic acids is 1. The Kier molecular flexibility index (Phi) is 5.66. The quantitative estimate of drug-likeness (QED) is 0.679. The molecule has 3 aromatic rings. The molecule has 0 aliphatic rings. The molecule has 6 heteroatoms. The predicted molar refractivity (Wildman–Crippen MR) is 101 cm³/mol. The van der Waals surface area contributed by atoms with Gasteiger partial charge in [-0.05, 0) is 36.3 Å². The van der Waals surface area contributed by atoms with Crippen LogP contribution in [0.2, 0.25) is 0 Å². The highest BCUT2D eigenvalue weighted by Crippen LogP contribution is 2.19. The number of rotatable bonds is 6. The van der Waals surface area contributed by atoms with Gasteiger partial charge in [-0.1, -0.05) is 18.2 Å². The summed E-state index contributed by atoms with van der Waals surface area (Å²) >= 11 is 0. The molecule has 1 heterocycles. The van der Waals surface area contributed by atoms with Crippen LogP contribution in [0, 0.1) is 5.82 Å². The standard InChI is InChI=1S/C21H18FNO4/c1-26-16-7-8-17-19(12-16)27-13-15(21(17)25)6-9-20(24)23-11-10-14-4-2-3-5-18(14)22/h2-9,12-13H,10-11H2,1H3,(H,23,24)/b9-6+. The Labute approximate surface area is 155 Å². The van der Waals surface area contributed by atoms with E-state index in [1.807, 2.05) is 0 Å². The van der Waals surface area contributed by atoms with E-state index in [0.717, 1.165) is 0 Å². The van der Waals surface area contributed by atoms with E-state index in [1.54, 1.807) is 36.4 Å². The van der Waals surface area contributed by atoms with E-state index in [0.29, 0.717) is 28.7 Å². The number of hydrogen-bond donors (Lipinski definition) is 1. The predicted octanol–water partition coefficient (Wildman–Crippen LogP) is 3.31. The van der Waals surface area contributed by atoms with Gasteiger partial charge < -0.3 is 14.5 Å². The van der Waals surface area contributed by atoms with Crippen LogP contribution in [0.3, 0.4) is 0 Å². The minimum Gasteiger partial charge on any atom is -0.497 e. The van der Waals surface area contributed by atoms with Gasteiger partial charge in [-0.2, -0.15) is 0 Å². The minimum atomic E-state index is -0.374. The van der Waals surface area contributed by atoms with E-state index in [9.17, 15) is 14.0 Å². The first-order valence-corrected chi connectivity index (χ1v) is 8.37. The van der Waals surface area contributed by atoms with Crippen LogP contribution >= 0.6 is 0 Å². The number of halogens is 1. The molecular formula is C21H18FNO4. The van der Waals surface area contributed by atoms with Crippen molar-refractivity contribution < 1.29 is 18.3 Å². The van der Waals surface area contributed by atoms with Gasteiger partial charge in [0.05, 0.1) is 18.1 Å². The minimum absolute atomic E-state index is 0.241. The second kappa shape index (κ2) is 8.31. The van der Waals surface area contributed by atoms with Crippen LogP contribution < -0.4 is 15.5 Å². The lowest BCUT2D eigenvalue weighted by molar-refractivity contribution is -0.116. The molecule has 0 saturated heterocycles. The molecule has 0 bridgehead atoms. The molecule has 27 heavy (non-hydrogen) atoms. The molecular weight excluding hydrogens is 349 g/mol. The monoisotopic (exact) mass is 367 g/mol. The maximum Gasteiger partial charge on any atom is 0.244 e.